The van der Waals surface area contributed by atoms with E-state index in [0.29, 0.717) is 38.7 Å². The molecule has 7 nitrogen and oxygen atoms in total. The van der Waals surface area contributed by atoms with Gasteiger partial charge in [0.05, 0.1) is 39.8 Å². The minimum absolute atomic E-state index is 0.0503. The number of amides is 2. The zero-order valence-electron chi connectivity index (χ0n) is 15.5. The molecule has 0 spiro atoms. The van der Waals surface area contributed by atoms with Crippen molar-refractivity contribution in [2.24, 2.45) is 0 Å². The zero-order chi connectivity index (χ0) is 21.0. The van der Waals surface area contributed by atoms with Gasteiger partial charge in [-0.15, -0.1) is 0 Å². The first-order chi connectivity index (χ1) is 13.9. The molecule has 3 aromatic rings. The van der Waals surface area contributed by atoms with Gasteiger partial charge >= 0.3 is 0 Å². The quantitative estimate of drug-likeness (QED) is 0.624. The number of rotatable bonds is 6. The van der Waals surface area contributed by atoms with Crippen molar-refractivity contribution in [2.75, 3.05) is 18.4 Å². The van der Waals surface area contributed by atoms with Crippen molar-refractivity contribution >= 4 is 51.5 Å². The number of nitrogens with zero attached hydrogens (tertiary/aromatic N) is 2. The summed E-state index contributed by atoms with van der Waals surface area (Å²) in [7, 11) is 0. The van der Waals surface area contributed by atoms with E-state index in [4.69, 9.17) is 23.2 Å². The molecule has 9 heteroatoms. The second-order valence-corrected chi connectivity index (χ2v) is 7.09. The fraction of sp³-hybridized carbons (Fsp3) is 0.200. The number of benzene rings is 2. The number of nitrogens with one attached hydrogen (secondary N) is 2. The molecule has 0 saturated carbocycles. The van der Waals surface area contributed by atoms with Crippen molar-refractivity contribution in [3.8, 4) is 0 Å². The van der Waals surface area contributed by atoms with Gasteiger partial charge in [-0.25, -0.2) is 5.10 Å². The highest BCUT2D eigenvalue weighted by Crippen LogP contribution is 2.29. The molecule has 0 atom stereocenters. The second kappa shape index (κ2) is 9.07. The van der Waals surface area contributed by atoms with E-state index in [-0.39, 0.29) is 24.4 Å². The number of carbonyl (C=O) groups excluding carboxylic acids is 2. The third-order valence-corrected chi connectivity index (χ3v) is 5.02. The lowest BCUT2D eigenvalue weighted by Crippen LogP contribution is -2.39. The van der Waals surface area contributed by atoms with Crippen LogP contribution in [-0.2, 0) is 16.0 Å². The number of hydrogen-bond acceptors (Lipinski definition) is 4. The average Bonchev–Trinajstić information content (AvgIpc) is 2.71. The third-order valence-electron chi connectivity index (χ3n) is 4.39. The molecule has 0 fully saturated rings. The summed E-state index contributed by atoms with van der Waals surface area (Å²) >= 11 is 12.1. The lowest BCUT2D eigenvalue weighted by atomic mass is 10.1. The Morgan fingerprint density at radius 2 is 1.72 bits per heavy atom. The molecule has 3 rings (SSSR count). The summed E-state index contributed by atoms with van der Waals surface area (Å²) in [4.78, 5) is 38.5. The van der Waals surface area contributed by atoms with E-state index in [9.17, 15) is 14.4 Å². The number of aromatic amines is 1. The molecule has 0 aliphatic heterocycles. The summed E-state index contributed by atoms with van der Waals surface area (Å²) in [6.07, 6.45) is -0.0503. The molecule has 1 aromatic heterocycles. The Hall–Kier alpha value is -2.90. The predicted octanol–water partition coefficient (Wildman–Crippen LogP) is 3.26. The Labute approximate surface area is 176 Å². The van der Waals surface area contributed by atoms with Gasteiger partial charge in [0.15, 0.2) is 0 Å². The molecule has 2 N–H and O–H groups in total. The maximum Gasteiger partial charge on any atom is 0.272 e. The third kappa shape index (κ3) is 4.75. The Balaban J connectivity index is 1.74. The first-order valence-electron chi connectivity index (χ1n) is 8.88. The van der Waals surface area contributed by atoms with Crippen molar-refractivity contribution in [1.29, 1.82) is 0 Å². The van der Waals surface area contributed by atoms with E-state index in [1.54, 1.807) is 49.4 Å². The molecule has 0 bridgehead atoms. The van der Waals surface area contributed by atoms with Crippen LogP contribution in [0, 0.1) is 0 Å². The van der Waals surface area contributed by atoms with E-state index < -0.39 is 5.91 Å². The Morgan fingerprint density at radius 3 is 2.38 bits per heavy atom. The second-order valence-electron chi connectivity index (χ2n) is 6.27. The van der Waals surface area contributed by atoms with Crippen molar-refractivity contribution < 1.29 is 9.59 Å². The van der Waals surface area contributed by atoms with Crippen LogP contribution >= 0.6 is 23.2 Å². The molecule has 0 aliphatic carbocycles. The van der Waals surface area contributed by atoms with E-state index >= 15 is 0 Å². The van der Waals surface area contributed by atoms with Crippen LogP contribution in [0.4, 0.5) is 5.69 Å². The average molecular weight is 433 g/mol. The molecule has 29 heavy (non-hydrogen) atoms. The first-order valence-corrected chi connectivity index (χ1v) is 9.64. The fourth-order valence-electron chi connectivity index (χ4n) is 2.91. The lowest BCUT2D eigenvalue weighted by Gasteiger charge is -2.21. The highest BCUT2D eigenvalue weighted by atomic mass is 35.5. The molecule has 150 valence electrons. The summed E-state index contributed by atoms with van der Waals surface area (Å²) in [6, 6.07) is 11.8. The van der Waals surface area contributed by atoms with E-state index in [1.165, 1.54) is 4.90 Å². The molecule has 0 saturated heterocycles. The van der Waals surface area contributed by atoms with Crippen LogP contribution in [0.3, 0.4) is 0 Å². The number of aromatic nitrogens is 2. The Morgan fingerprint density at radius 1 is 1.07 bits per heavy atom. The molecule has 2 amide bonds. The number of H-pyrrole nitrogens is 1. The molecule has 0 aliphatic rings. The smallest absolute Gasteiger partial charge is 0.272 e. The molecular formula is C20H18Cl2N4O3. The molecule has 2 aromatic carbocycles. The molecular weight excluding hydrogens is 415 g/mol. The molecule has 1 heterocycles. The summed E-state index contributed by atoms with van der Waals surface area (Å²) in [5.74, 6) is -0.716. The van der Waals surface area contributed by atoms with Crippen LogP contribution in [0.1, 0.15) is 12.6 Å². The number of fused-ring (bicyclic) bond motifs is 1. The fourth-order valence-corrected chi connectivity index (χ4v) is 3.40. The standard InChI is InChI=1S/C20H18Cl2N4O3/c1-2-26(11-17(27)23-19-14(21)8-5-9-15(19)22)18(28)10-16-12-6-3-4-7-13(12)20(29)25-24-16/h3-9H,2,10-11H2,1H3,(H,23,27)(H,25,29). The van der Waals surface area contributed by atoms with Crippen molar-refractivity contribution in [3.05, 3.63) is 68.6 Å². The largest absolute Gasteiger partial charge is 0.333 e. The van der Waals surface area contributed by atoms with Crippen LogP contribution in [0.15, 0.2) is 47.3 Å². The van der Waals surface area contributed by atoms with Gasteiger partial charge in [-0.05, 0) is 25.1 Å². The van der Waals surface area contributed by atoms with Crippen molar-refractivity contribution in [3.63, 3.8) is 0 Å². The van der Waals surface area contributed by atoms with Gasteiger partial charge < -0.3 is 10.2 Å². The van der Waals surface area contributed by atoms with Crippen LogP contribution in [0.5, 0.6) is 0 Å². The molecule has 0 unspecified atom stereocenters. The van der Waals surface area contributed by atoms with Crippen molar-refractivity contribution in [2.45, 2.75) is 13.3 Å². The number of para-hydroxylation sites is 1. The minimum Gasteiger partial charge on any atom is -0.333 e. The van der Waals surface area contributed by atoms with Crippen LogP contribution < -0.4 is 10.9 Å². The predicted molar refractivity (Wildman–Crippen MR) is 113 cm³/mol. The van der Waals surface area contributed by atoms with E-state index in [1.807, 2.05) is 0 Å². The number of anilines is 1. The summed E-state index contributed by atoms with van der Waals surface area (Å²) < 4.78 is 0. The Kier molecular flexibility index (Phi) is 6.51. The van der Waals surface area contributed by atoms with Gasteiger partial charge in [-0.2, -0.15) is 5.10 Å². The summed E-state index contributed by atoms with van der Waals surface area (Å²) in [5, 5.41) is 10.7. The summed E-state index contributed by atoms with van der Waals surface area (Å²) in [6.45, 7) is 1.92. The number of carbonyl (C=O) groups is 2. The maximum atomic E-state index is 12.8. The highest BCUT2D eigenvalue weighted by molar-refractivity contribution is 6.39. The minimum atomic E-state index is -0.422. The van der Waals surface area contributed by atoms with Gasteiger partial charge in [-0.3, -0.25) is 14.4 Å². The SMILES string of the molecule is CCN(CC(=O)Nc1c(Cl)cccc1Cl)C(=O)Cc1n[nH]c(=O)c2ccccc12. The Bertz CT molecular complexity index is 1110. The van der Waals surface area contributed by atoms with Gasteiger partial charge in [0.1, 0.15) is 0 Å². The zero-order valence-corrected chi connectivity index (χ0v) is 17.0. The maximum absolute atomic E-state index is 12.8. The number of likely N-dealkylation sites (N-methyl/N-ethyl adjacent to an activating group) is 1. The van der Waals surface area contributed by atoms with Crippen molar-refractivity contribution in [1.82, 2.24) is 15.1 Å². The highest BCUT2D eigenvalue weighted by Gasteiger charge is 2.19. The first kappa shape index (κ1) is 20.8. The van der Waals surface area contributed by atoms with Gasteiger partial charge in [-0.1, -0.05) is 47.5 Å². The van der Waals surface area contributed by atoms with Crippen LogP contribution in [0.2, 0.25) is 10.0 Å². The normalized spacial score (nSPS) is 10.7. The van der Waals surface area contributed by atoms with E-state index in [2.05, 4.69) is 15.5 Å². The van der Waals surface area contributed by atoms with Crippen LogP contribution in [-0.4, -0.2) is 40.0 Å². The molecule has 0 radical (unpaired) electrons. The van der Waals surface area contributed by atoms with Gasteiger partial charge in [0.25, 0.3) is 5.56 Å². The number of halogens is 2. The van der Waals surface area contributed by atoms with Gasteiger partial charge in [0, 0.05) is 11.9 Å². The monoisotopic (exact) mass is 432 g/mol. The lowest BCUT2D eigenvalue weighted by molar-refractivity contribution is -0.133. The van der Waals surface area contributed by atoms with E-state index in [0.717, 1.165) is 0 Å². The van der Waals surface area contributed by atoms with Crippen LogP contribution in [0.25, 0.3) is 10.8 Å². The topological polar surface area (TPSA) is 95.2 Å². The van der Waals surface area contributed by atoms with Gasteiger partial charge in [0.2, 0.25) is 11.8 Å². The number of hydrogen-bond donors (Lipinski definition) is 2. The summed E-state index contributed by atoms with van der Waals surface area (Å²) in [5.41, 5.74) is 0.427.